The number of anilines is 3. The van der Waals surface area contributed by atoms with E-state index in [9.17, 15) is 4.79 Å². The monoisotopic (exact) mass is 410 g/mol. The first kappa shape index (κ1) is 21.2. The van der Waals surface area contributed by atoms with Gasteiger partial charge in [0.15, 0.2) is 0 Å². The highest BCUT2D eigenvalue weighted by Crippen LogP contribution is 2.25. The van der Waals surface area contributed by atoms with Gasteiger partial charge in [0, 0.05) is 18.3 Å². The Morgan fingerprint density at radius 3 is 2.52 bits per heavy atom. The number of amides is 2. The van der Waals surface area contributed by atoms with Gasteiger partial charge in [-0.3, -0.25) is 5.32 Å². The van der Waals surface area contributed by atoms with Crippen molar-refractivity contribution >= 4 is 46.7 Å². The van der Waals surface area contributed by atoms with Crippen LogP contribution in [0, 0.1) is 0 Å². The van der Waals surface area contributed by atoms with Crippen LogP contribution in [-0.4, -0.2) is 36.1 Å². The molecule has 2 aromatic rings. The van der Waals surface area contributed by atoms with Gasteiger partial charge in [0.2, 0.25) is 5.95 Å². The number of carbonyl (C=O) groups excluding carboxylic acids is 1. The molecule has 0 unspecified atom stereocenters. The molecule has 146 valence electrons. The highest BCUT2D eigenvalue weighted by Gasteiger charge is 2.11. The van der Waals surface area contributed by atoms with E-state index >= 15 is 0 Å². The van der Waals surface area contributed by atoms with Gasteiger partial charge in [0.25, 0.3) is 0 Å². The molecule has 1 aromatic heterocycles. The number of halogens is 2. The van der Waals surface area contributed by atoms with E-state index < -0.39 is 6.03 Å². The van der Waals surface area contributed by atoms with Crippen molar-refractivity contribution < 1.29 is 4.79 Å². The molecule has 9 heteroatoms. The zero-order valence-electron chi connectivity index (χ0n) is 15.6. The van der Waals surface area contributed by atoms with Crippen molar-refractivity contribution in [2.24, 2.45) is 0 Å². The maximum atomic E-state index is 12.3. The highest BCUT2D eigenvalue weighted by atomic mass is 35.5. The summed E-state index contributed by atoms with van der Waals surface area (Å²) in [6, 6.07) is 6.28. The second-order valence-electron chi connectivity index (χ2n) is 6.25. The van der Waals surface area contributed by atoms with Crippen LogP contribution in [0.5, 0.6) is 0 Å². The molecule has 1 heterocycles. The van der Waals surface area contributed by atoms with E-state index in [1.807, 2.05) is 27.0 Å². The number of benzene rings is 1. The summed E-state index contributed by atoms with van der Waals surface area (Å²) in [5.74, 6) is 1.11. The molecule has 2 amide bonds. The van der Waals surface area contributed by atoms with E-state index in [-0.39, 0.29) is 11.9 Å². The summed E-state index contributed by atoms with van der Waals surface area (Å²) in [6.07, 6.45) is 0.956. The predicted octanol–water partition coefficient (Wildman–Crippen LogP) is 4.57. The summed E-state index contributed by atoms with van der Waals surface area (Å²) in [7, 11) is 1.91. The van der Waals surface area contributed by atoms with Gasteiger partial charge in [-0.2, -0.15) is 4.98 Å². The van der Waals surface area contributed by atoms with Gasteiger partial charge in [0.1, 0.15) is 5.82 Å². The van der Waals surface area contributed by atoms with Crippen molar-refractivity contribution in [2.45, 2.75) is 26.2 Å². The van der Waals surface area contributed by atoms with Crippen molar-refractivity contribution in [3.05, 3.63) is 40.0 Å². The number of hydrogen-bond acceptors (Lipinski definition) is 5. The average molecular weight is 411 g/mol. The second-order valence-corrected chi connectivity index (χ2v) is 7.06. The molecule has 0 aliphatic rings. The van der Waals surface area contributed by atoms with Crippen molar-refractivity contribution in [3.8, 4) is 0 Å². The summed E-state index contributed by atoms with van der Waals surface area (Å²) in [5.41, 5.74) is 1.36. The Balaban J connectivity index is 2.07. The minimum atomic E-state index is -0.463. The number of nitrogens with zero attached hydrogens (tertiary/aromatic N) is 2. The predicted molar refractivity (Wildman–Crippen MR) is 112 cm³/mol. The van der Waals surface area contributed by atoms with Gasteiger partial charge in [-0.15, -0.1) is 0 Å². The average Bonchev–Trinajstić information content (AvgIpc) is 2.61. The maximum absolute atomic E-state index is 12.3. The lowest BCUT2D eigenvalue weighted by Crippen LogP contribution is -2.22. The molecule has 27 heavy (non-hydrogen) atoms. The Morgan fingerprint density at radius 1 is 1.07 bits per heavy atom. The summed E-state index contributed by atoms with van der Waals surface area (Å²) >= 11 is 11.8. The topological polar surface area (TPSA) is 91.0 Å². The summed E-state index contributed by atoms with van der Waals surface area (Å²) in [6.45, 7) is 5.75. The maximum Gasteiger partial charge on any atom is 0.326 e. The number of rotatable bonds is 8. The molecule has 0 fully saturated rings. The fourth-order valence-electron chi connectivity index (χ4n) is 2.23. The van der Waals surface area contributed by atoms with Crippen LogP contribution in [0.25, 0.3) is 0 Å². The Labute approximate surface area is 169 Å². The highest BCUT2D eigenvalue weighted by molar-refractivity contribution is 6.42. The summed E-state index contributed by atoms with van der Waals surface area (Å²) < 4.78 is 0. The van der Waals surface area contributed by atoms with Crippen LogP contribution < -0.4 is 21.3 Å². The molecular formula is C18H24Cl2N6O. The van der Waals surface area contributed by atoms with Gasteiger partial charge in [-0.25, -0.2) is 9.78 Å². The SMILES string of the molecule is CNCCCNc1cc(C(C)C)nc(NC(=O)Nc2ccc(Cl)c(Cl)c2)n1. The van der Waals surface area contributed by atoms with Gasteiger partial charge < -0.3 is 16.0 Å². The molecular weight excluding hydrogens is 387 g/mol. The zero-order chi connectivity index (χ0) is 19.8. The molecule has 0 atom stereocenters. The van der Waals surface area contributed by atoms with Gasteiger partial charge in [-0.05, 0) is 44.1 Å². The van der Waals surface area contributed by atoms with Crippen LogP contribution in [0.3, 0.4) is 0 Å². The van der Waals surface area contributed by atoms with Gasteiger partial charge in [-0.1, -0.05) is 37.0 Å². The Bertz CT molecular complexity index is 784. The lowest BCUT2D eigenvalue weighted by molar-refractivity contribution is 0.262. The first-order valence-electron chi connectivity index (χ1n) is 8.69. The lowest BCUT2D eigenvalue weighted by atomic mass is 10.1. The number of nitrogens with one attached hydrogen (secondary N) is 4. The molecule has 0 saturated carbocycles. The number of carbonyl (C=O) groups is 1. The third kappa shape index (κ3) is 6.86. The van der Waals surface area contributed by atoms with Crippen LogP contribution in [-0.2, 0) is 0 Å². The fraction of sp³-hybridized carbons (Fsp3) is 0.389. The first-order chi connectivity index (χ1) is 12.9. The molecule has 0 aliphatic heterocycles. The second kappa shape index (κ2) is 10.3. The van der Waals surface area contributed by atoms with Crippen molar-refractivity contribution in [1.82, 2.24) is 15.3 Å². The fourth-order valence-corrected chi connectivity index (χ4v) is 2.53. The molecule has 0 spiro atoms. The summed E-state index contributed by atoms with van der Waals surface area (Å²) in [4.78, 5) is 21.0. The smallest absolute Gasteiger partial charge is 0.326 e. The quantitative estimate of drug-likeness (QED) is 0.478. The lowest BCUT2D eigenvalue weighted by Gasteiger charge is -2.13. The molecule has 0 bridgehead atoms. The molecule has 1 aromatic carbocycles. The molecule has 0 radical (unpaired) electrons. The van der Waals surface area contributed by atoms with Crippen molar-refractivity contribution in [2.75, 3.05) is 36.1 Å². The third-order valence-corrected chi connectivity index (χ3v) is 4.39. The van der Waals surface area contributed by atoms with E-state index in [4.69, 9.17) is 23.2 Å². The van der Waals surface area contributed by atoms with Gasteiger partial charge in [0.05, 0.1) is 15.7 Å². The van der Waals surface area contributed by atoms with E-state index in [0.717, 1.165) is 25.2 Å². The standard InChI is InChI=1S/C18H24Cl2N6O/c1-11(2)15-10-16(22-8-4-7-21-3)25-17(24-15)26-18(27)23-12-5-6-13(19)14(20)9-12/h5-6,9-11,21H,4,7-8H2,1-3H3,(H3,22,23,24,25,26,27). The zero-order valence-corrected chi connectivity index (χ0v) is 17.1. The molecule has 2 rings (SSSR count). The molecule has 0 aliphatic carbocycles. The first-order valence-corrected chi connectivity index (χ1v) is 9.45. The van der Waals surface area contributed by atoms with E-state index in [0.29, 0.717) is 21.6 Å². The third-order valence-electron chi connectivity index (χ3n) is 3.65. The van der Waals surface area contributed by atoms with Crippen LogP contribution in [0.4, 0.5) is 22.2 Å². The van der Waals surface area contributed by atoms with Crippen LogP contribution >= 0.6 is 23.2 Å². The summed E-state index contributed by atoms with van der Waals surface area (Å²) in [5, 5.41) is 12.5. The largest absolute Gasteiger partial charge is 0.370 e. The normalized spacial score (nSPS) is 10.7. The van der Waals surface area contributed by atoms with Crippen LogP contribution in [0.2, 0.25) is 10.0 Å². The Hall–Kier alpha value is -2.09. The minimum Gasteiger partial charge on any atom is -0.370 e. The van der Waals surface area contributed by atoms with E-state index in [1.54, 1.807) is 18.2 Å². The number of aromatic nitrogens is 2. The van der Waals surface area contributed by atoms with Crippen LogP contribution in [0.15, 0.2) is 24.3 Å². The minimum absolute atomic E-state index is 0.199. The van der Waals surface area contributed by atoms with Gasteiger partial charge >= 0.3 is 6.03 Å². The molecule has 4 N–H and O–H groups in total. The van der Waals surface area contributed by atoms with Crippen molar-refractivity contribution in [3.63, 3.8) is 0 Å². The Morgan fingerprint density at radius 2 is 1.85 bits per heavy atom. The van der Waals surface area contributed by atoms with Crippen molar-refractivity contribution in [1.29, 1.82) is 0 Å². The number of hydrogen-bond donors (Lipinski definition) is 4. The van der Waals surface area contributed by atoms with E-state index in [2.05, 4.69) is 31.2 Å². The van der Waals surface area contributed by atoms with E-state index in [1.165, 1.54) is 0 Å². The molecule has 0 saturated heterocycles. The van der Waals surface area contributed by atoms with Crippen LogP contribution in [0.1, 0.15) is 31.9 Å². The Kier molecular flexibility index (Phi) is 8.09. The molecule has 7 nitrogen and oxygen atoms in total. The number of urea groups is 1.